The Morgan fingerprint density at radius 1 is 1.20 bits per heavy atom. The van der Waals surface area contributed by atoms with E-state index in [9.17, 15) is 0 Å². The molecule has 2 aliphatic rings. The predicted molar refractivity (Wildman–Crippen MR) is 63.7 cm³/mol. The summed E-state index contributed by atoms with van der Waals surface area (Å²) in [7, 11) is 0. The molecule has 0 aromatic carbocycles. The van der Waals surface area contributed by atoms with Crippen LogP contribution < -0.4 is 5.32 Å². The maximum Gasteiger partial charge on any atom is 0.0243 e. The van der Waals surface area contributed by atoms with E-state index < -0.39 is 0 Å². The van der Waals surface area contributed by atoms with Gasteiger partial charge in [-0.1, -0.05) is 6.42 Å². The Hall–Kier alpha value is -0.520. The number of nitrogens with zero attached hydrogens (tertiary/aromatic N) is 1. The third-order valence-corrected chi connectivity index (χ3v) is 3.49. The highest BCUT2D eigenvalue weighted by Gasteiger charge is 2.28. The first kappa shape index (κ1) is 11.0. The minimum atomic E-state index is 0.673. The van der Waals surface area contributed by atoms with Crippen molar-refractivity contribution in [3.8, 4) is 11.8 Å². The highest BCUT2D eigenvalue weighted by Crippen LogP contribution is 2.17. The maximum atomic E-state index is 3.62. The fraction of sp³-hybridized carbons (Fsp3) is 0.846. The summed E-state index contributed by atoms with van der Waals surface area (Å²) in [5.74, 6) is 6.11. The molecule has 2 atom stereocenters. The van der Waals surface area contributed by atoms with Gasteiger partial charge in [-0.3, -0.25) is 0 Å². The summed E-state index contributed by atoms with van der Waals surface area (Å²) in [6.45, 7) is 5.81. The Morgan fingerprint density at radius 2 is 1.93 bits per heavy atom. The normalized spacial score (nSPS) is 31.5. The molecule has 0 amide bonds. The van der Waals surface area contributed by atoms with Crippen molar-refractivity contribution in [2.24, 2.45) is 0 Å². The number of nitrogens with one attached hydrogen (secondary N) is 1. The number of rotatable bonds is 3. The summed E-state index contributed by atoms with van der Waals surface area (Å²) in [6, 6.07) is 1.42. The lowest BCUT2D eigenvalue weighted by Gasteiger charge is -2.40. The zero-order valence-electron chi connectivity index (χ0n) is 9.76. The van der Waals surface area contributed by atoms with Crippen LogP contribution in [0.2, 0.25) is 0 Å². The van der Waals surface area contributed by atoms with Crippen molar-refractivity contribution >= 4 is 0 Å². The van der Waals surface area contributed by atoms with Crippen LogP contribution in [-0.4, -0.2) is 36.6 Å². The fourth-order valence-corrected chi connectivity index (χ4v) is 2.60. The van der Waals surface area contributed by atoms with Gasteiger partial charge in [-0.25, -0.2) is 0 Å². The van der Waals surface area contributed by atoms with Gasteiger partial charge in [0.1, 0.15) is 0 Å². The van der Waals surface area contributed by atoms with Crippen molar-refractivity contribution in [1.82, 2.24) is 10.2 Å². The van der Waals surface area contributed by atoms with Crippen LogP contribution in [0, 0.1) is 11.8 Å². The monoisotopic (exact) mass is 206 g/mol. The summed E-state index contributed by atoms with van der Waals surface area (Å²) < 4.78 is 0. The van der Waals surface area contributed by atoms with E-state index in [4.69, 9.17) is 0 Å². The third-order valence-electron chi connectivity index (χ3n) is 3.49. The predicted octanol–water partition coefficient (Wildman–Crippen LogP) is 1.62. The molecule has 2 fully saturated rings. The quantitative estimate of drug-likeness (QED) is 0.706. The second-order valence-corrected chi connectivity index (χ2v) is 4.79. The van der Waals surface area contributed by atoms with Crippen molar-refractivity contribution in [2.75, 3.05) is 19.6 Å². The van der Waals surface area contributed by atoms with Crippen molar-refractivity contribution in [2.45, 2.75) is 51.1 Å². The first-order valence-electron chi connectivity index (χ1n) is 6.26. The largest absolute Gasteiger partial charge is 0.309 e. The molecule has 2 saturated heterocycles. The molecule has 0 spiro atoms. The highest BCUT2D eigenvalue weighted by atomic mass is 15.2. The molecule has 1 N–H and O–H groups in total. The van der Waals surface area contributed by atoms with Gasteiger partial charge < -0.3 is 10.2 Å². The van der Waals surface area contributed by atoms with E-state index >= 15 is 0 Å². The first-order valence-corrected chi connectivity index (χ1v) is 6.26. The van der Waals surface area contributed by atoms with Gasteiger partial charge in [0, 0.05) is 25.0 Å². The third kappa shape index (κ3) is 3.22. The van der Waals surface area contributed by atoms with Crippen molar-refractivity contribution in [3.63, 3.8) is 0 Å². The van der Waals surface area contributed by atoms with Gasteiger partial charge in [-0.05, 0) is 39.3 Å². The van der Waals surface area contributed by atoms with Gasteiger partial charge in [0.2, 0.25) is 0 Å². The summed E-state index contributed by atoms with van der Waals surface area (Å²) in [4.78, 5) is 2.61. The molecule has 2 nitrogen and oxygen atoms in total. The lowest BCUT2D eigenvalue weighted by Crippen LogP contribution is -2.57. The number of hydrogen-bond acceptors (Lipinski definition) is 2. The molecule has 84 valence electrons. The van der Waals surface area contributed by atoms with Crippen LogP contribution in [-0.2, 0) is 0 Å². The molecule has 2 heteroatoms. The van der Waals surface area contributed by atoms with Crippen LogP contribution in [0.3, 0.4) is 0 Å². The Morgan fingerprint density at radius 3 is 2.60 bits per heavy atom. The SMILES string of the molecule is CC#CCC1CC(CN2CCCCC2)N1. The van der Waals surface area contributed by atoms with Gasteiger partial charge in [0.05, 0.1) is 0 Å². The molecule has 2 unspecified atom stereocenters. The minimum absolute atomic E-state index is 0.673. The maximum absolute atomic E-state index is 3.62. The average Bonchev–Trinajstić information content (AvgIpc) is 2.23. The Balaban J connectivity index is 1.59. The zero-order chi connectivity index (χ0) is 10.5. The van der Waals surface area contributed by atoms with Crippen LogP contribution in [0.4, 0.5) is 0 Å². The summed E-state index contributed by atoms with van der Waals surface area (Å²) in [6.07, 6.45) is 6.59. The van der Waals surface area contributed by atoms with E-state index in [0.717, 1.165) is 12.5 Å². The smallest absolute Gasteiger partial charge is 0.0243 e. The van der Waals surface area contributed by atoms with Crippen LogP contribution >= 0.6 is 0 Å². The van der Waals surface area contributed by atoms with E-state index in [0.29, 0.717) is 6.04 Å². The second kappa shape index (κ2) is 5.53. The summed E-state index contributed by atoms with van der Waals surface area (Å²) in [5.41, 5.74) is 0. The fourth-order valence-electron chi connectivity index (χ4n) is 2.60. The van der Waals surface area contributed by atoms with E-state index in [1.54, 1.807) is 0 Å². The lowest BCUT2D eigenvalue weighted by atomic mass is 9.93. The van der Waals surface area contributed by atoms with Gasteiger partial charge >= 0.3 is 0 Å². The van der Waals surface area contributed by atoms with Crippen LogP contribution in [0.15, 0.2) is 0 Å². The second-order valence-electron chi connectivity index (χ2n) is 4.79. The molecule has 0 radical (unpaired) electrons. The van der Waals surface area contributed by atoms with Crippen molar-refractivity contribution in [1.29, 1.82) is 0 Å². The van der Waals surface area contributed by atoms with Crippen molar-refractivity contribution < 1.29 is 0 Å². The number of piperidine rings is 1. The topological polar surface area (TPSA) is 15.3 Å². The van der Waals surface area contributed by atoms with E-state index in [1.807, 2.05) is 6.92 Å². The molecule has 15 heavy (non-hydrogen) atoms. The molecule has 0 bridgehead atoms. The summed E-state index contributed by atoms with van der Waals surface area (Å²) in [5, 5.41) is 3.62. The Labute approximate surface area is 93.4 Å². The highest BCUT2D eigenvalue weighted by molar-refractivity contribution is 5.03. The molecule has 0 saturated carbocycles. The average molecular weight is 206 g/mol. The molecular formula is C13H22N2. The molecule has 2 aliphatic heterocycles. The van der Waals surface area contributed by atoms with Gasteiger partial charge in [-0.2, -0.15) is 0 Å². The van der Waals surface area contributed by atoms with E-state index in [2.05, 4.69) is 22.1 Å². The minimum Gasteiger partial charge on any atom is -0.309 e. The van der Waals surface area contributed by atoms with Crippen LogP contribution in [0.25, 0.3) is 0 Å². The van der Waals surface area contributed by atoms with Gasteiger partial charge in [-0.15, -0.1) is 11.8 Å². The van der Waals surface area contributed by atoms with Gasteiger partial charge in [0.25, 0.3) is 0 Å². The Kier molecular flexibility index (Phi) is 4.05. The van der Waals surface area contributed by atoms with Gasteiger partial charge in [0.15, 0.2) is 0 Å². The van der Waals surface area contributed by atoms with E-state index in [-0.39, 0.29) is 0 Å². The summed E-state index contributed by atoms with van der Waals surface area (Å²) >= 11 is 0. The number of hydrogen-bond donors (Lipinski definition) is 1. The Bertz CT molecular complexity index is 239. The molecule has 0 aliphatic carbocycles. The van der Waals surface area contributed by atoms with Crippen LogP contribution in [0.5, 0.6) is 0 Å². The van der Waals surface area contributed by atoms with E-state index in [1.165, 1.54) is 45.3 Å². The van der Waals surface area contributed by atoms with Crippen LogP contribution in [0.1, 0.15) is 39.0 Å². The first-order chi connectivity index (χ1) is 7.38. The molecule has 2 heterocycles. The zero-order valence-corrected chi connectivity index (χ0v) is 9.76. The van der Waals surface area contributed by atoms with Crippen molar-refractivity contribution in [3.05, 3.63) is 0 Å². The number of likely N-dealkylation sites (tertiary alicyclic amines) is 1. The molecule has 0 aromatic heterocycles. The lowest BCUT2D eigenvalue weighted by molar-refractivity contribution is 0.154. The molecular weight excluding hydrogens is 184 g/mol. The molecule has 0 aromatic rings. The molecule has 2 rings (SSSR count). The standard InChI is InChI=1S/C13H22N2/c1-2-3-7-12-10-13(14-12)11-15-8-5-4-6-9-15/h12-14H,4-11H2,1H3.